The summed E-state index contributed by atoms with van der Waals surface area (Å²) < 4.78 is 36.1. The highest BCUT2D eigenvalue weighted by molar-refractivity contribution is 5.94. The minimum atomic E-state index is -4.26. The van der Waals surface area contributed by atoms with E-state index in [4.69, 9.17) is 5.84 Å². The number of hydrogen-bond donors (Lipinski definition) is 2. The van der Waals surface area contributed by atoms with Crippen LogP contribution in [-0.2, 0) is 0 Å². The molecule has 0 fully saturated rings. The zero-order valence-corrected chi connectivity index (χ0v) is 9.79. The predicted molar refractivity (Wildman–Crippen MR) is 61.9 cm³/mol. The molecule has 0 radical (unpaired) electrons. The van der Waals surface area contributed by atoms with Crippen molar-refractivity contribution in [1.29, 1.82) is 0 Å². The van der Waals surface area contributed by atoms with E-state index in [9.17, 15) is 18.0 Å². The fraction of sp³-hybridized carbons (Fsp3) is 0.364. The molecule has 0 spiro atoms. The third kappa shape index (κ3) is 4.25. The second-order valence-corrected chi connectivity index (χ2v) is 3.81. The van der Waals surface area contributed by atoms with Gasteiger partial charge in [-0.2, -0.15) is 13.2 Å². The Labute approximate surface area is 103 Å². The molecule has 0 atom stereocenters. The number of benzene rings is 1. The summed E-state index contributed by atoms with van der Waals surface area (Å²) in [7, 11) is 1.34. The third-order valence-corrected chi connectivity index (χ3v) is 2.38. The van der Waals surface area contributed by atoms with Crippen molar-refractivity contribution in [1.82, 2.24) is 4.90 Å². The molecule has 1 rings (SSSR count). The molecule has 0 aliphatic heterocycles. The molecule has 3 N–H and O–H groups in total. The molecule has 0 aliphatic rings. The minimum absolute atomic E-state index is 0.318. The first kappa shape index (κ1) is 14.3. The fourth-order valence-corrected chi connectivity index (χ4v) is 1.33. The number of halogens is 3. The van der Waals surface area contributed by atoms with Crippen LogP contribution in [0.4, 0.5) is 18.9 Å². The SMILES string of the molecule is CN(CCC(F)(F)F)C(=O)c1ccc(NN)cc1. The summed E-state index contributed by atoms with van der Waals surface area (Å²) in [5, 5.41) is 0. The average molecular weight is 261 g/mol. The van der Waals surface area contributed by atoms with Crippen LogP contribution in [0, 0.1) is 0 Å². The Balaban J connectivity index is 2.62. The number of nitrogens with two attached hydrogens (primary N) is 1. The fourth-order valence-electron chi connectivity index (χ4n) is 1.33. The van der Waals surface area contributed by atoms with Gasteiger partial charge < -0.3 is 10.3 Å². The molecule has 7 heteroatoms. The van der Waals surface area contributed by atoms with E-state index < -0.39 is 18.5 Å². The number of hydrogen-bond acceptors (Lipinski definition) is 3. The molecule has 0 heterocycles. The van der Waals surface area contributed by atoms with Crippen LogP contribution in [0.5, 0.6) is 0 Å². The summed E-state index contributed by atoms with van der Waals surface area (Å²) in [6.07, 6.45) is -5.28. The first-order valence-corrected chi connectivity index (χ1v) is 5.22. The second kappa shape index (κ2) is 5.72. The van der Waals surface area contributed by atoms with Crippen LogP contribution < -0.4 is 11.3 Å². The van der Waals surface area contributed by atoms with Crippen molar-refractivity contribution in [2.75, 3.05) is 19.0 Å². The molecule has 1 aromatic carbocycles. The number of hydrazine groups is 1. The van der Waals surface area contributed by atoms with Gasteiger partial charge in [-0.1, -0.05) is 0 Å². The van der Waals surface area contributed by atoms with E-state index in [0.29, 0.717) is 11.3 Å². The maximum absolute atomic E-state index is 12.0. The molecular formula is C11H14F3N3O. The quantitative estimate of drug-likeness (QED) is 0.643. The maximum Gasteiger partial charge on any atom is 0.390 e. The van der Waals surface area contributed by atoms with Crippen LogP contribution in [-0.4, -0.2) is 30.6 Å². The van der Waals surface area contributed by atoms with Crippen molar-refractivity contribution in [2.45, 2.75) is 12.6 Å². The number of nitrogen functional groups attached to an aromatic ring is 1. The monoisotopic (exact) mass is 261 g/mol. The summed E-state index contributed by atoms with van der Waals surface area (Å²) in [5.41, 5.74) is 3.33. The molecule has 1 amide bonds. The van der Waals surface area contributed by atoms with Crippen molar-refractivity contribution >= 4 is 11.6 Å². The van der Waals surface area contributed by atoms with Gasteiger partial charge in [0.25, 0.3) is 5.91 Å². The molecule has 0 unspecified atom stereocenters. The summed E-state index contributed by atoms with van der Waals surface area (Å²) in [6.45, 7) is -0.362. The number of carbonyl (C=O) groups is 1. The minimum Gasteiger partial charge on any atom is -0.341 e. The van der Waals surface area contributed by atoms with Gasteiger partial charge in [0.2, 0.25) is 0 Å². The van der Waals surface area contributed by atoms with E-state index in [-0.39, 0.29) is 6.54 Å². The van der Waals surface area contributed by atoms with Crippen molar-refractivity contribution in [2.24, 2.45) is 5.84 Å². The number of anilines is 1. The Hall–Kier alpha value is -1.76. The molecule has 0 aliphatic carbocycles. The maximum atomic E-state index is 12.0. The van der Waals surface area contributed by atoms with Crippen molar-refractivity contribution < 1.29 is 18.0 Å². The van der Waals surface area contributed by atoms with Gasteiger partial charge in [-0.15, -0.1) is 0 Å². The summed E-state index contributed by atoms with van der Waals surface area (Å²) in [4.78, 5) is 12.8. The second-order valence-electron chi connectivity index (χ2n) is 3.81. The van der Waals surface area contributed by atoms with Gasteiger partial charge in [0.15, 0.2) is 0 Å². The van der Waals surface area contributed by atoms with Gasteiger partial charge >= 0.3 is 6.18 Å². The molecular weight excluding hydrogens is 247 g/mol. The smallest absolute Gasteiger partial charge is 0.341 e. The average Bonchev–Trinajstić information content (AvgIpc) is 2.34. The number of nitrogens with zero attached hydrogens (tertiary/aromatic N) is 1. The van der Waals surface area contributed by atoms with E-state index >= 15 is 0 Å². The zero-order chi connectivity index (χ0) is 13.8. The van der Waals surface area contributed by atoms with Crippen LogP contribution >= 0.6 is 0 Å². The lowest BCUT2D eigenvalue weighted by Gasteiger charge is -2.18. The first-order chi connectivity index (χ1) is 8.33. The number of amides is 1. The topological polar surface area (TPSA) is 58.4 Å². The standard InChI is InChI=1S/C11H14F3N3O/c1-17(7-6-11(12,13)14)10(18)8-2-4-9(16-15)5-3-8/h2-5,16H,6-7,15H2,1H3. The Morgan fingerprint density at radius 3 is 2.33 bits per heavy atom. The summed E-state index contributed by atoms with van der Waals surface area (Å²) >= 11 is 0. The molecule has 100 valence electrons. The number of carbonyl (C=O) groups excluding carboxylic acids is 1. The Morgan fingerprint density at radius 2 is 1.89 bits per heavy atom. The largest absolute Gasteiger partial charge is 0.390 e. The first-order valence-electron chi connectivity index (χ1n) is 5.22. The van der Waals surface area contributed by atoms with E-state index in [0.717, 1.165) is 4.90 Å². The molecule has 0 aromatic heterocycles. The number of nitrogens with one attached hydrogen (secondary N) is 1. The lowest BCUT2D eigenvalue weighted by atomic mass is 10.2. The van der Waals surface area contributed by atoms with E-state index in [1.165, 1.54) is 19.2 Å². The number of rotatable bonds is 4. The molecule has 0 saturated heterocycles. The van der Waals surface area contributed by atoms with Crippen molar-refractivity contribution in [3.63, 3.8) is 0 Å². The van der Waals surface area contributed by atoms with Crippen LogP contribution in [0.15, 0.2) is 24.3 Å². The van der Waals surface area contributed by atoms with Crippen LogP contribution in [0.25, 0.3) is 0 Å². The Bertz CT molecular complexity index is 403. The molecule has 18 heavy (non-hydrogen) atoms. The highest BCUT2D eigenvalue weighted by atomic mass is 19.4. The van der Waals surface area contributed by atoms with Crippen LogP contribution in [0.1, 0.15) is 16.8 Å². The van der Waals surface area contributed by atoms with Crippen molar-refractivity contribution in [3.8, 4) is 0 Å². The molecule has 1 aromatic rings. The number of alkyl halides is 3. The lowest BCUT2D eigenvalue weighted by Crippen LogP contribution is -2.30. The van der Waals surface area contributed by atoms with E-state index in [1.807, 2.05) is 0 Å². The van der Waals surface area contributed by atoms with Crippen molar-refractivity contribution in [3.05, 3.63) is 29.8 Å². The molecule has 0 bridgehead atoms. The lowest BCUT2D eigenvalue weighted by molar-refractivity contribution is -0.136. The normalized spacial score (nSPS) is 11.2. The van der Waals surface area contributed by atoms with Gasteiger partial charge in [0, 0.05) is 24.8 Å². The highest BCUT2D eigenvalue weighted by Gasteiger charge is 2.28. The van der Waals surface area contributed by atoms with E-state index in [2.05, 4.69) is 5.43 Å². The van der Waals surface area contributed by atoms with Gasteiger partial charge in [-0.25, -0.2) is 0 Å². The third-order valence-electron chi connectivity index (χ3n) is 2.38. The molecule has 0 saturated carbocycles. The van der Waals surface area contributed by atoms with Crippen LogP contribution in [0.2, 0.25) is 0 Å². The highest BCUT2D eigenvalue weighted by Crippen LogP contribution is 2.20. The summed E-state index contributed by atoms with van der Waals surface area (Å²) in [5.74, 6) is 4.71. The van der Waals surface area contributed by atoms with Crippen LogP contribution in [0.3, 0.4) is 0 Å². The zero-order valence-electron chi connectivity index (χ0n) is 9.79. The van der Waals surface area contributed by atoms with Gasteiger partial charge in [-0.3, -0.25) is 10.6 Å². The Morgan fingerprint density at radius 1 is 1.33 bits per heavy atom. The van der Waals surface area contributed by atoms with Gasteiger partial charge in [-0.05, 0) is 24.3 Å². The van der Waals surface area contributed by atoms with E-state index in [1.54, 1.807) is 12.1 Å². The Kier molecular flexibility index (Phi) is 4.55. The summed E-state index contributed by atoms with van der Waals surface area (Å²) in [6, 6.07) is 6.15. The van der Waals surface area contributed by atoms with Gasteiger partial charge in [0.05, 0.1) is 6.42 Å². The van der Waals surface area contributed by atoms with Gasteiger partial charge in [0.1, 0.15) is 0 Å². The molecule has 4 nitrogen and oxygen atoms in total. The predicted octanol–water partition coefficient (Wildman–Crippen LogP) is 2.00.